The third kappa shape index (κ3) is 3.30. The molecule has 2 aromatic rings. The fourth-order valence-corrected chi connectivity index (χ4v) is 3.67. The zero-order valence-corrected chi connectivity index (χ0v) is 14.0. The monoisotopic (exact) mass is 392 g/mol. The summed E-state index contributed by atoms with van der Waals surface area (Å²) in [5.41, 5.74) is 6.11. The molecule has 0 amide bonds. The van der Waals surface area contributed by atoms with Gasteiger partial charge in [0.2, 0.25) is 0 Å². The molecule has 8 heteroatoms. The van der Waals surface area contributed by atoms with Crippen molar-refractivity contribution >= 4 is 48.9 Å². The zero-order valence-electron chi connectivity index (χ0n) is 10.8. The third-order valence-electron chi connectivity index (χ3n) is 2.73. The normalized spacial score (nSPS) is 11.4. The summed E-state index contributed by atoms with van der Waals surface area (Å²) in [6.07, 6.45) is 0. The van der Waals surface area contributed by atoms with E-state index in [4.69, 9.17) is 17.3 Å². The molecule has 21 heavy (non-hydrogen) atoms. The molecule has 3 N–H and O–H groups in total. The van der Waals surface area contributed by atoms with E-state index in [-0.39, 0.29) is 16.9 Å². The van der Waals surface area contributed by atoms with Crippen LogP contribution in [0.4, 0.5) is 15.8 Å². The van der Waals surface area contributed by atoms with Crippen molar-refractivity contribution < 1.29 is 12.8 Å². The molecular formula is C13H11BrClFN2O2S. The second kappa shape index (κ2) is 5.82. The molecule has 0 saturated carbocycles. The van der Waals surface area contributed by atoms with Crippen molar-refractivity contribution in [3.63, 3.8) is 0 Å². The molecule has 0 bridgehead atoms. The largest absolute Gasteiger partial charge is 0.399 e. The van der Waals surface area contributed by atoms with Crippen LogP contribution >= 0.6 is 27.5 Å². The average Bonchev–Trinajstić information content (AvgIpc) is 2.39. The van der Waals surface area contributed by atoms with Gasteiger partial charge in [0.05, 0.1) is 15.2 Å². The Balaban J connectivity index is 2.51. The lowest BCUT2D eigenvalue weighted by molar-refractivity contribution is 0.565. The van der Waals surface area contributed by atoms with Gasteiger partial charge < -0.3 is 5.73 Å². The highest BCUT2D eigenvalue weighted by molar-refractivity contribution is 9.10. The summed E-state index contributed by atoms with van der Waals surface area (Å²) in [5.74, 6) is -0.838. The van der Waals surface area contributed by atoms with Crippen LogP contribution in [0.2, 0.25) is 5.02 Å². The molecule has 0 aliphatic rings. The highest BCUT2D eigenvalue weighted by Gasteiger charge is 2.22. The number of nitrogens with two attached hydrogens (primary N) is 1. The molecule has 0 aliphatic carbocycles. The number of halogens is 3. The summed E-state index contributed by atoms with van der Waals surface area (Å²) in [4.78, 5) is -0.508. The van der Waals surface area contributed by atoms with Crippen molar-refractivity contribution in [1.82, 2.24) is 0 Å². The van der Waals surface area contributed by atoms with Gasteiger partial charge in [0, 0.05) is 5.69 Å². The predicted molar refractivity (Wildman–Crippen MR) is 85.5 cm³/mol. The van der Waals surface area contributed by atoms with E-state index in [1.807, 2.05) is 0 Å². The molecule has 112 valence electrons. The Labute approximate surface area is 135 Å². The van der Waals surface area contributed by atoms with Gasteiger partial charge in [-0.15, -0.1) is 0 Å². The van der Waals surface area contributed by atoms with E-state index in [0.29, 0.717) is 9.50 Å². The maximum absolute atomic E-state index is 14.0. The fourth-order valence-electron chi connectivity index (χ4n) is 1.74. The summed E-state index contributed by atoms with van der Waals surface area (Å²) in [6.45, 7) is 1.44. The Kier molecular flexibility index (Phi) is 4.46. The Bertz CT molecular complexity index is 812. The number of anilines is 2. The molecule has 4 nitrogen and oxygen atoms in total. The minimum Gasteiger partial charge on any atom is -0.399 e. The van der Waals surface area contributed by atoms with E-state index in [9.17, 15) is 12.8 Å². The van der Waals surface area contributed by atoms with E-state index in [1.54, 1.807) is 12.1 Å². The number of sulfonamides is 1. The predicted octanol–water partition coefficient (Wildman–Crippen LogP) is 3.93. The smallest absolute Gasteiger partial charge is 0.264 e. The summed E-state index contributed by atoms with van der Waals surface area (Å²) < 4.78 is 41.3. The van der Waals surface area contributed by atoms with Crippen LogP contribution in [0, 0.1) is 12.7 Å². The molecule has 0 fully saturated rings. The Morgan fingerprint density at radius 2 is 2.00 bits per heavy atom. The van der Waals surface area contributed by atoms with Gasteiger partial charge in [-0.3, -0.25) is 4.72 Å². The minimum absolute atomic E-state index is 0.153. The van der Waals surface area contributed by atoms with Gasteiger partial charge in [0.15, 0.2) is 0 Å². The number of rotatable bonds is 3. The Morgan fingerprint density at radius 3 is 2.67 bits per heavy atom. The van der Waals surface area contributed by atoms with Gasteiger partial charge in [-0.05, 0) is 52.7 Å². The molecule has 0 unspecified atom stereocenters. The van der Waals surface area contributed by atoms with Crippen LogP contribution in [0.15, 0.2) is 39.7 Å². The molecule has 0 atom stereocenters. The first kappa shape index (κ1) is 16.1. The van der Waals surface area contributed by atoms with E-state index < -0.39 is 20.7 Å². The van der Waals surface area contributed by atoms with Crippen molar-refractivity contribution in [2.75, 3.05) is 10.5 Å². The highest BCUT2D eigenvalue weighted by Crippen LogP contribution is 2.32. The molecule has 2 aromatic carbocycles. The Hall–Kier alpha value is -1.31. The average molecular weight is 394 g/mol. The second-order valence-corrected chi connectivity index (χ2v) is 7.21. The van der Waals surface area contributed by atoms with Gasteiger partial charge in [0.25, 0.3) is 10.0 Å². The van der Waals surface area contributed by atoms with E-state index in [0.717, 1.165) is 6.07 Å². The highest BCUT2D eigenvalue weighted by atomic mass is 79.9. The van der Waals surface area contributed by atoms with Crippen LogP contribution in [0.1, 0.15) is 5.56 Å². The maximum atomic E-state index is 14.0. The molecule has 0 aliphatic heterocycles. The quantitative estimate of drug-likeness (QED) is 0.776. The summed E-state index contributed by atoms with van der Waals surface area (Å²) in [7, 11) is -4.12. The Morgan fingerprint density at radius 1 is 1.33 bits per heavy atom. The summed E-state index contributed by atoms with van der Waals surface area (Å²) in [6, 6.07) is 7.11. The lowest BCUT2D eigenvalue weighted by Crippen LogP contribution is -2.16. The van der Waals surface area contributed by atoms with Crippen molar-refractivity contribution in [3.8, 4) is 0 Å². The molecular weight excluding hydrogens is 383 g/mol. The van der Waals surface area contributed by atoms with Crippen molar-refractivity contribution in [3.05, 3.63) is 51.2 Å². The summed E-state index contributed by atoms with van der Waals surface area (Å²) in [5, 5.41) is 0.333. The SMILES string of the molecule is Cc1cc(N)cc(S(=O)(=O)Nc2cccc(Cl)c2Br)c1F. The number of nitrogens with one attached hydrogen (secondary N) is 1. The van der Waals surface area contributed by atoms with Crippen LogP contribution in [0.3, 0.4) is 0 Å². The maximum Gasteiger partial charge on any atom is 0.264 e. The van der Waals surface area contributed by atoms with Crippen molar-refractivity contribution in [1.29, 1.82) is 0 Å². The van der Waals surface area contributed by atoms with Gasteiger partial charge in [-0.1, -0.05) is 17.7 Å². The van der Waals surface area contributed by atoms with Crippen LogP contribution in [-0.4, -0.2) is 8.42 Å². The number of hydrogen-bond donors (Lipinski definition) is 2. The van der Waals surface area contributed by atoms with Gasteiger partial charge in [-0.2, -0.15) is 0 Å². The lowest BCUT2D eigenvalue weighted by atomic mass is 10.2. The van der Waals surface area contributed by atoms with Crippen LogP contribution in [0.25, 0.3) is 0 Å². The lowest BCUT2D eigenvalue weighted by Gasteiger charge is -2.12. The second-order valence-electron chi connectivity index (χ2n) is 4.36. The van der Waals surface area contributed by atoms with Crippen molar-refractivity contribution in [2.24, 2.45) is 0 Å². The first-order valence-electron chi connectivity index (χ1n) is 5.75. The number of nitrogen functional groups attached to an aromatic ring is 1. The van der Waals surface area contributed by atoms with Crippen LogP contribution in [0.5, 0.6) is 0 Å². The van der Waals surface area contributed by atoms with Gasteiger partial charge >= 0.3 is 0 Å². The molecule has 0 heterocycles. The first-order valence-corrected chi connectivity index (χ1v) is 8.40. The zero-order chi connectivity index (χ0) is 15.8. The number of benzene rings is 2. The molecule has 0 radical (unpaired) electrons. The molecule has 0 spiro atoms. The third-order valence-corrected chi connectivity index (χ3v) is 5.49. The number of hydrogen-bond acceptors (Lipinski definition) is 3. The van der Waals surface area contributed by atoms with E-state index in [2.05, 4.69) is 20.7 Å². The van der Waals surface area contributed by atoms with Crippen LogP contribution in [-0.2, 0) is 10.0 Å². The molecule has 0 saturated heterocycles. The fraction of sp³-hybridized carbons (Fsp3) is 0.0769. The van der Waals surface area contributed by atoms with E-state index >= 15 is 0 Å². The van der Waals surface area contributed by atoms with Crippen LogP contribution < -0.4 is 10.5 Å². The molecule has 0 aromatic heterocycles. The standard InChI is InChI=1S/C13H11BrClFN2O2S/c1-7-5-8(17)6-11(13(7)16)21(19,20)18-10-4-2-3-9(15)12(10)14/h2-6,18H,17H2,1H3. The van der Waals surface area contributed by atoms with E-state index in [1.165, 1.54) is 19.1 Å². The van der Waals surface area contributed by atoms with Gasteiger partial charge in [-0.25, -0.2) is 12.8 Å². The molecule has 2 rings (SSSR count). The summed E-state index contributed by atoms with van der Waals surface area (Å²) >= 11 is 9.07. The number of aryl methyl sites for hydroxylation is 1. The first-order chi connectivity index (χ1) is 9.72. The topological polar surface area (TPSA) is 72.2 Å². The van der Waals surface area contributed by atoms with Gasteiger partial charge in [0.1, 0.15) is 10.7 Å². The minimum atomic E-state index is -4.12. The van der Waals surface area contributed by atoms with Crippen molar-refractivity contribution in [2.45, 2.75) is 11.8 Å².